The molecule has 0 atom stereocenters. The van der Waals surface area contributed by atoms with E-state index in [4.69, 9.17) is 10.9 Å². The van der Waals surface area contributed by atoms with E-state index in [1.165, 1.54) is 12.1 Å². The quantitative estimate of drug-likeness (QED) is 0.230. The molecule has 4 N–H and O–H groups in total. The number of nitrogens with two attached hydrogens (primary N) is 1. The van der Waals surface area contributed by atoms with E-state index in [2.05, 4.69) is 15.2 Å². The van der Waals surface area contributed by atoms with E-state index in [1.807, 2.05) is 0 Å². The second kappa shape index (κ2) is 7.31. The van der Waals surface area contributed by atoms with Crippen molar-refractivity contribution in [2.24, 2.45) is 10.9 Å². The van der Waals surface area contributed by atoms with Crippen LogP contribution >= 0.6 is 0 Å². The van der Waals surface area contributed by atoms with Crippen molar-refractivity contribution in [3.8, 4) is 5.75 Å². The molecule has 1 aromatic carbocycles. The van der Waals surface area contributed by atoms with Crippen LogP contribution in [0.5, 0.6) is 5.75 Å². The Morgan fingerprint density at radius 2 is 2.06 bits per heavy atom. The molecule has 18 heavy (non-hydrogen) atoms. The maximum atomic E-state index is 11.9. The first-order valence-electron chi connectivity index (χ1n) is 5.37. The first-order chi connectivity index (χ1) is 8.61. The van der Waals surface area contributed by atoms with Gasteiger partial charge in [-0.1, -0.05) is 5.16 Å². The number of rotatable bonds is 7. The average molecular weight is 259 g/mol. The van der Waals surface area contributed by atoms with E-state index in [9.17, 15) is 8.78 Å². The van der Waals surface area contributed by atoms with Gasteiger partial charge in [0.2, 0.25) is 0 Å². The Balaban J connectivity index is 2.31. The van der Waals surface area contributed by atoms with E-state index in [0.29, 0.717) is 19.4 Å². The molecule has 0 aliphatic heterocycles. The molecule has 1 rings (SSSR count). The highest BCUT2D eigenvalue weighted by atomic mass is 19.3. The first kappa shape index (κ1) is 14.0. The maximum Gasteiger partial charge on any atom is 0.387 e. The smallest absolute Gasteiger partial charge is 0.387 e. The molecular weight excluding hydrogens is 244 g/mol. The molecule has 7 heteroatoms. The Morgan fingerprint density at radius 3 is 2.61 bits per heavy atom. The second-order valence-electron chi connectivity index (χ2n) is 3.52. The van der Waals surface area contributed by atoms with Gasteiger partial charge in [0.1, 0.15) is 11.6 Å². The van der Waals surface area contributed by atoms with Crippen LogP contribution in [0.1, 0.15) is 12.8 Å². The van der Waals surface area contributed by atoms with Gasteiger partial charge in [-0.05, 0) is 30.7 Å². The van der Waals surface area contributed by atoms with E-state index in [1.54, 1.807) is 12.1 Å². The van der Waals surface area contributed by atoms with Crippen molar-refractivity contribution in [1.82, 2.24) is 0 Å². The number of benzene rings is 1. The van der Waals surface area contributed by atoms with Crippen molar-refractivity contribution in [3.63, 3.8) is 0 Å². The number of alkyl halides is 2. The number of hydrogen-bond donors (Lipinski definition) is 3. The summed E-state index contributed by atoms with van der Waals surface area (Å²) in [6.45, 7) is -2.18. The average Bonchev–Trinajstić information content (AvgIpc) is 2.35. The molecule has 0 aromatic heterocycles. The minimum absolute atomic E-state index is 0.118. The summed E-state index contributed by atoms with van der Waals surface area (Å²) in [5.41, 5.74) is 6.09. The summed E-state index contributed by atoms with van der Waals surface area (Å²) >= 11 is 0. The highest BCUT2D eigenvalue weighted by molar-refractivity contribution is 5.79. The normalized spacial score (nSPS) is 11.6. The number of amidine groups is 1. The van der Waals surface area contributed by atoms with Crippen LogP contribution in [0.2, 0.25) is 0 Å². The van der Waals surface area contributed by atoms with Crippen molar-refractivity contribution in [2.75, 3.05) is 11.9 Å². The van der Waals surface area contributed by atoms with Gasteiger partial charge in [0.25, 0.3) is 0 Å². The van der Waals surface area contributed by atoms with Gasteiger partial charge in [0.05, 0.1) is 0 Å². The van der Waals surface area contributed by atoms with E-state index >= 15 is 0 Å². The SMILES string of the molecule is NC(CCCNc1ccc(OC(F)F)cc1)=NO. The third-order valence-corrected chi connectivity index (χ3v) is 2.15. The first-order valence-corrected chi connectivity index (χ1v) is 5.37. The Bertz CT molecular complexity index is 382. The predicted molar refractivity (Wildman–Crippen MR) is 64.2 cm³/mol. The van der Waals surface area contributed by atoms with Gasteiger partial charge in [-0.3, -0.25) is 0 Å². The lowest BCUT2D eigenvalue weighted by Crippen LogP contribution is -2.13. The standard InChI is InChI=1S/C11H15F2N3O2/c12-11(13)18-9-5-3-8(4-6-9)15-7-1-2-10(14)16-17/h3-6,11,15,17H,1-2,7H2,(H2,14,16). The molecule has 1 aromatic rings. The minimum atomic E-state index is -2.82. The lowest BCUT2D eigenvalue weighted by molar-refractivity contribution is -0.0498. The molecule has 0 bridgehead atoms. The Kier molecular flexibility index (Phi) is 5.69. The van der Waals surface area contributed by atoms with Crippen LogP contribution in [0.25, 0.3) is 0 Å². The largest absolute Gasteiger partial charge is 0.435 e. The maximum absolute atomic E-state index is 11.9. The van der Waals surface area contributed by atoms with Gasteiger partial charge in [-0.25, -0.2) is 0 Å². The molecular formula is C11H15F2N3O2. The zero-order chi connectivity index (χ0) is 13.4. The van der Waals surface area contributed by atoms with Gasteiger partial charge in [0, 0.05) is 18.7 Å². The number of nitrogens with one attached hydrogen (secondary N) is 1. The lowest BCUT2D eigenvalue weighted by Gasteiger charge is -2.08. The van der Waals surface area contributed by atoms with Crippen LogP contribution in [0.3, 0.4) is 0 Å². The summed E-state index contributed by atoms with van der Waals surface area (Å²) in [5.74, 6) is 0.296. The summed E-state index contributed by atoms with van der Waals surface area (Å²) in [6.07, 6.45) is 1.18. The van der Waals surface area contributed by atoms with Crippen LogP contribution in [-0.4, -0.2) is 24.2 Å². The molecule has 0 heterocycles. The molecule has 0 aliphatic carbocycles. The zero-order valence-corrected chi connectivity index (χ0v) is 9.64. The lowest BCUT2D eigenvalue weighted by atomic mass is 10.2. The Labute approximate surface area is 103 Å². The molecule has 0 fully saturated rings. The number of oxime groups is 1. The third kappa shape index (κ3) is 5.33. The van der Waals surface area contributed by atoms with E-state index in [-0.39, 0.29) is 11.6 Å². The molecule has 0 amide bonds. The van der Waals surface area contributed by atoms with Crippen molar-refractivity contribution in [3.05, 3.63) is 24.3 Å². The molecule has 0 radical (unpaired) electrons. The van der Waals surface area contributed by atoms with Crippen LogP contribution in [0, 0.1) is 0 Å². The fraction of sp³-hybridized carbons (Fsp3) is 0.364. The Hall–Kier alpha value is -2.05. The fourth-order valence-corrected chi connectivity index (χ4v) is 1.31. The van der Waals surface area contributed by atoms with E-state index in [0.717, 1.165) is 5.69 Å². The minimum Gasteiger partial charge on any atom is -0.435 e. The molecule has 5 nitrogen and oxygen atoms in total. The topological polar surface area (TPSA) is 79.9 Å². The molecule has 0 saturated carbocycles. The van der Waals surface area contributed by atoms with E-state index < -0.39 is 6.61 Å². The van der Waals surface area contributed by atoms with Crippen molar-refractivity contribution < 1.29 is 18.7 Å². The van der Waals surface area contributed by atoms with Crippen LogP contribution in [-0.2, 0) is 0 Å². The summed E-state index contributed by atoms with van der Waals surface area (Å²) in [5, 5.41) is 14.2. The number of nitrogens with zero attached hydrogens (tertiary/aromatic N) is 1. The van der Waals surface area contributed by atoms with Crippen LogP contribution in [0.4, 0.5) is 14.5 Å². The van der Waals surface area contributed by atoms with Gasteiger partial charge in [0.15, 0.2) is 0 Å². The van der Waals surface area contributed by atoms with Gasteiger partial charge >= 0.3 is 6.61 Å². The van der Waals surface area contributed by atoms with Crippen LogP contribution < -0.4 is 15.8 Å². The Morgan fingerprint density at radius 1 is 1.39 bits per heavy atom. The van der Waals surface area contributed by atoms with Crippen molar-refractivity contribution in [1.29, 1.82) is 0 Å². The third-order valence-electron chi connectivity index (χ3n) is 2.15. The second-order valence-corrected chi connectivity index (χ2v) is 3.52. The molecule has 0 unspecified atom stereocenters. The molecule has 0 spiro atoms. The molecule has 100 valence electrons. The van der Waals surface area contributed by atoms with Gasteiger partial charge < -0.3 is 21.0 Å². The van der Waals surface area contributed by atoms with Crippen LogP contribution in [0.15, 0.2) is 29.4 Å². The zero-order valence-electron chi connectivity index (χ0n) is 9.64. The summed E-state index contributed by atoms with van der Waals surface area (Å²) in [4.78, 5) is 0. The number of ether oxygens (including phenoxy) is 1. The molecule has 0 aliphatic rings. The van der Waals surface area contributed by atoms with Gasteiger partial charge in [-0.15, -0.1) is 0 Å². The number of anilines is 1. The summed E-state index contributed by atoms with van der Waals surface area (Å²) in [6, 6.07) is 6.19. The van der Waals surface area contributed by atoms with Crippen molar-refractivity contribution in [2.45, 2.75) is 19.5 Å². The summed E-state index contributed by atoms with van der Waals surface area (Å²) < 4.78 is 28.0. The summed E-state index contributed by atoms with van der Waals surface area (Å²) in [7, 11) is 0. The monoisotopic (exact) mass is 259 g/mol. The highest BCUT2D eigenvalue weighted by Crippen LogP contribution is 2.17. The number of halogens is 2. The molecule has 0 saturated heterocycles. The fourth-order valence-electron chi connectivity index (χ4n) is 1.31. The van der Waals surface area contributed by atoms with Crippen molar-refractivity contribution >= 4 is 11.5 Å². The number of hydrogen-bond acceptors (Lipinski definition) is 4. The predicted octanol–water partition coefficient (Wildman–Crippen LogP) is 2.23. The highest BCUT2D eigenvalue weighted by Gasteiger charge is 2.03. The van der Waals surface area contributed by atoms with Gasteiger partial charge in [-0.2, -0.15) is 8.78 Å².